The molecule has 0 aliphatic heterocycles. The quantitative estimate of drug-likeness (QED) is 0.783. The van der Waals surface area contributed by atoms with Gasteiger partial charge >= 0.3 is 0 Å². The lowest BCUT2D eigenvalue weighted by molar-refractivity contribution is 0.0939. The van der Waals surface area contributed by atoms with Crippen LogP contribution in [0, 0.1) is 0 Å². The van der Waals surface area contributed by atoms with Gasteiger partial charge in [0.25, 0.3) is 5.91 Å². The van der Waals surface area contributed by atoms with E-state index >= 15 is 0 Å². The van der Waals surface area contributed by atoms with Crippen molar-refractivity contribution in [3.8, 4) is 0 Å². The van der Waals surface area contributed by atoms with Crippen molar-refractivity contribution in [2.45, 2.75) is 13.0 Å². The fraction of sp³-hybridized carbons (Fsp3) is 0.133. The van der Waals surface area contributed by atoms with Crippen molar-refractivity contribution < 1.29 is 4.79 Å². The smallest absolute Gasteiger partial charge is 0.252 e. The molecule has 0 aliphatic carbocycles. The summed E-state index contributed by atoms with van der Waals surface area (Å²) in [5, 5.41) is 4.03. The molecule has 2 aromatic carbocycles. The molecule has 2 nitrogen and oxygen atoms in total. The van der Waals surface area contributed by atoms with Gasteiger partial charge in [-0.1, -0.05) is 41.4 Å². The average molecular weight is 373 g/mol. The van der Waals surface area contributed by atoms with Crippen molar-refractivity contribution >= 4 is 45.0 Å². The Kier molecular flexibility index (Phi) is 5.08. The summed E-state index contributed by atoms with van der Waals surface area (Å²) in [6, 6.07) is 12.3. The first-order valence-corrected chi connectivity index (χ1v) is 7.54. The number of benzene rings is 2. The van der Waals surface area contributed by atoms with E-state index in [1.807, 2.05) is 31.2 Å². The summed E-state index contributed by atoms with van der Waals surface area (Å²) in [5.41, 5.74) is 1.42. The Bertz CT molecular complexity index is 646. The minimum Gasteiger partial charge on any atom is -0.345 e. The minimum absolute atomic E-state index is 0.156. The molecule has 0 spiro atoms. The van der Waals surface area contributed by atoms with Crippen LogP contribution < -0.4 is 5.32 Å². The zero-order valence-electron chi connectivity index (χ0n) is 10.7. The van der Waals surface area contributed by atoms with E-state index in [0.29, 0.717) is 15.6 Å². The number of rotatable bonds is 3. The molecule has 1 N–H and O–H groups in total. The summed E-state index contributed by atoms with van der Waals surface area (Å²) in [7, 11) is 0. The van der Waals surface area contributed by atoms with Crippen LogP contribution in [0.2, 0.25) is 10.0 Å². The van der Waals surface area contributed by atoms with E-state index in [0.717, 1.165) is 10.0 Å². The molecule has 0 saturated carbocycles. The fourth-order valence-electron chi connectivity index (χ4n) is 1.85. The number of nitrogens with one attached hydrogen (secondary N) is 1. The first kappa shape index (κ1) is 15.4. The number of hydrogen-bond acceptors (Lipinski definition) is 1. The lowest BCUT2D eigenvalue weighted by Gasteiger charge is -2.16. The van der Waals surface area contributed by atoms with Gasteiger partial charge in [-0.2, -0.15) is 0 Å². The van der Waals surface area contributed by atoms with Crippen LogP contribution in [-0.2, 0) is 0 Å². The number of carbonyl (C=O) groups is 1. The molecule has 0 saturated heterocycles. The van der Waals surface area contributed by atoms with Crippen molar-refractivity contribution in [2.24, 2.45) is 0 Å². The minimum atomic E-state index is -0.209. The van der Waals surface area contributed by atoms with Crippen LogP contribution in [0.5, 0.6) is 0 Å². The molecule has 20 heavy (non-hydrogen) atoms. The van der Waals surface area contributed by atoms with E-state index in [1.54, 1.807) is 18.2 Å². The SMILES string of the molecule is C[C@@H](NC(=O)c1ccccc1Br)c1ccc(Cl)cc1Cl. The maximum Gasteiger partial charge on any atom is 0.252 e. The second-order valence-electron chi connectivity index (χ2n) is 4.34. The standard InChI is InChI=1S/C15H12BrCl2NO/c1-9(11-7-6-10(17)8-14(11)18)19-15(20)12-4-2-3-5-13(12)16/h2-9H,1H3,(H,19,20)/t9-/m1/s1. The molecule has 1 atom stereocenters. The van der Waals surface area contributed by atoms with E-state index in [2.05, 4.69) is 21.2 Å². The molecule has 2 aromatic rings. The Balaban J connectivity index is 2.17. The number of halogens is 3. The summed E-state index contributed by atoms with van der Waals surface area (Å²) in [6.07, 6.45) is 0. The van der Waals surface area contributed by atoms with Gasteiger partial charge in [-0.25, -0.2) is 0 Å². The highest BCUT2D eigenvalue weighted by Gasteiger charge is 2.15. The molecule has 0 bridgehead atoms. The monoisotopic (exact) mass is 371 g/mol. The van der Waals surface area contributed by atoms with Crippen molar-refractivity contribution in [3.63, 3.8) is 0 Å². The van der Waals surface area contributed by atoms with Gasteiger partial charge in [-0.05, 0) is 52.7 Å². The predicted molar refractivity (Wildman–Crippen MR) is 86.5 cm³/mol. The maximum absolute atomic E-state index is 12.2. The van der Waals surface area contributed by atoms with Crippen LogP contribution in [0.3, 0.4) is 0 Å². The lowest BCUT2D eigenvalue weighted by Crippen LogP contribution is -2.27. The average Bonchev–Trinajstić information content (AvgIpc) is 2.38. The Morgan fingerprint density at radius 1 is 1.20 bits per heavy atom. The van der Waals surface area contributed by atoms with Gasteiger partial charge in [0.2, 0.25) is 0 Å². The topological polar surface area (TPSA) is 29.1 Å². The van der Waals surface area contributed by atoms with Crippen LogP contribution in [-0.4, -0.2) is 5.91 Å². The van der Waals surface area contributed by atoms with Gasteiger partial charge in [0.15, 0.2) is 0 Å². The van der Waals surface area contributed by atoms with E-state index in [1.165, 1.54) is 0 Å². The summed E-state index contributed by atoms with van der Waals surface area (Å²) < 4.78 is 0.756. The van der Waals surface area contributed by atoms with E-state index in [9.17, 15) is 4.79 Å². The molecule has 0 aromatic heterocycles. The van der Waals surface area contributed by atoms with Gasteiger partial charge < -0.3 is 5.32 Å². The Labute approximate surface area is 136 Å². The van der Waals surface area contributed by atoms with Crippen LogP contribution in [0.1, 0.15) is 28.9 Å². The number of hydrogen-bond donors (Lipinski definition) is 1. The van der Waals surface area contributed by atoms with Gasteiger partial charge in [0, 0.05) is 14.5 Å². The van der Waals surface area contributed by atoms with Crippen molar-refractivity contribution in [3.05, 3.63) is 68.1 Å². The van der Waals surface area contributed by atoms with Crippen LogP contribution in [0.15, 0.2) is 46.9 Å². The normalized spacial score (nSPS) is 12.0. The third-order valence-corrected chi connectivity index (χ3v) is 4.15. The fourth-order valence-corrected chi connectivity index (χ4v) is 2.89. The molecule has 2 rings (SSSR count). The van der Waals surface area contributed by atoms with Crippen molar-refractivity contribution in [1.29, 1.82) is 0 Å². The second-order valence-corrected chi connectivity index (χ2v) is 6.04. The molecule has 0 aliphatic rings. The first-order chi connectivity index (χ1) is 9.49. The van der Waals surface area contributed by atoms with Crippen molar-refractivity contribution in [2.75, 3.05) is 0 Å². The van der Waals surface area contributed by atoms with E-state index in [4.69, 9.17) is 23.2 Å². The van der Waals surface area contributed by atoms with Crippen LogP contribution in [0.25, 0.3) is 0 Å². The van der Waals surface area contributed by atoms with Gasteiger partial charge in [0.05, 0.1) is 11.6 Å². The zero-order valence-corrected chi connectivity index (χ0v) is 13.8. The van der Waals surface area contributed by atoms with Crippen molar-refractivity contribution in [1.82, 2.24) is 5.32 Å². The highest BCUT2D eigenvalue weighted by molar-refractivity contribution is 9.10. The number of amides is 1. The molecule has 0 fully saturated rings. The Morgan fingerprint density at radius 2 is 1.90 bits per heavy atom. The Hall–Kier alpha value is -1.03. The summed E-state index contributed by atoms with van der Waals surface area (Å²) in [4.78, 5) is 12.2. The number of carbonyl (C=O) groups excluding carboxylic acids is 1. The molecule has 0 heterocycles. The first-order valence-electron chi connectivity index (χ1n) is 5.99. The summed E-state index contributed by atoms with van der Waals surface area (Å²) in [6.45, 7) is 1.88. The molecule has 5 heteroatoms. The largest absolute Gasteiger partial charge is 0.345 e. The molecule has 0 unspecified atom stereocenters. The third-order valence-electron chi connectivity index (χ3n) is 2.90. The molecule has 104 valence electrons. The molecular weight excluding hydrogens is 361 g/mol. The zero-order chi connectivity index (χ0) is 14.7. The highest BCUT2D eigenvalue weighted by Crippen LogP contribution is 2.26. The molecule has 0 radical (unpaired) electrons. The van der Waals surface area contributed by atoms with Gasteiger partial charge in [-0.3, -0.25) is 4.79 Å². The summed E-state index contributed by atoms with van der Waals surface area (Å²) in [5.74, 6) is -0.156. The molecular formula is C15H12BrCl2NO. The van der Waals surface area contributed by atoms with Gasteiger partial charge in [-0.15, -0.1) is 0 Å². The lowest BCUT2D eigenvalue weighted by atomic mass is 10.1. The summed E-state index contributed by atoms with van der Waals surface area (Å²) >= 11 is 15.4. The second kappa shape index (κ2) is 6.61. The maximum atomic E-state index is 12.2. The van der Waals surface area contributed by atoms with Crippen LogP contribution >= 0.6 is 39.1 Å². The third kappa shape index (κ3) is 3.54. The predicted octanol–water partition coefficient (Wildman–Crippen LogP) is 5.25. The molecule has 1 amide bonds. The Morgan fingerprint density at radius 3 is 2.55 bits per heavy atom. The van der Waals surface area contributed by atoms with Gasteiger partial charge in [0.1, 0.15) is 0 Å². The van der Waals surface area contributed by atoms with E-state index < -0.39 is 0 Å². The highest BCUT2D eigenvalue weighted by atomic mass is 79.9. The van der Waals surface area contributed by atoms with Crippen LogP contribution in [0.4, 0.5) is 0 Å². The van der Waals surface area contributed by atoms with E-state index in [-0.39, 0.29) is 11.9 Å².